The molecule has 0 radical (unpaired) electrons. The van der Waals surface area contributed by atoms with Crippen LogP contribution in [0.2, 0.25) is 5.02 Å². The molecule has 2 rings (SSSR count). The lowest BCUT2D eigenvalue weighted by Crippen LogP contribution is -2.37. The Morgan fingerprint density at radius 3 is 2.22 bits per heavy atom. The molecule has 8 heteroatoms. The number of hydrogen-bond donors (Lipinski definition) is 2. The first kappa shape index (κ1) is 21.2. The number of carboxylic acid groups (broad SMARTS) is 1. The van der Waals surface area contributed by atoms with E-state index >= 15 is 0 Å². The van der Waals surface area contributed by atoms with Gasteiger partial charge in [0.1, 0.15) is 5.75 Å². The Morgan fingerprint density at radius 2 is 1.70 bits per heavy atom. The summed E-state index contributed by atoms with van der Waals surface area (Å²) in [5.41, 5.74) is -0.440. The number of benzene rings is 2. The molecule has 2 aromatic carbocycles. The van der Waals surface area contributed by atoms with Crippen LogP contribution < -0.4 is 9.46 Å². The number of carboxylic acids is 1. The van der Waals surface area contributed by atoms with Gasteiger partial charge in [-0.25, -0.2) is 17.9 Å². The van der Waals surface area contributed by atoms with Gasteiger partial charge in [0.25, 0.3) is 0 Å². The minimum atomic E-state index is -3.64. The van der Waals surface area contributed by atoms with Gasteiger partial charge in [-0.1, -0.05) is 23.7 Å². The second kappa shape index (κ2) is 8.29. The van der Waals surface area contributed by atoms with Gasteiger partial charge >= 0.3 is 5.97 Å². The monoisotopic (exact) mass is 411 g/mol. The van der Waals surface area contributed by atoms with Crippen LogP contribution in [-0.4, -0.2) is 31.1 Å². The van der Waals surface area contributed by atoms with Crippen molar-refractivity contribution in [3.05, 3.63) is 59.1 Å². The van der Waals surface area contributed by atoms with E-state index in [1.54, 1.807) is 31.2 Å². The lowest BCUT2D eigenvalue weighted by molar-refractivity contribution is -0.152. The van der Waals surface area contributed by atoms with Crippen molar-refractivity contribution in [3.63, 3.8) is 0 Å². The Kier molecular flexibility index (Phi) is 6.51. The minimum Gasteiger partial charge on any atom is -0.478 e. The summed E-state index contributed by atoms with van der Waals surface area (Å²) >= 11 is 5.79. The Balaban J connectivity index is 2.00. The molecule has 0 bridgehead atoms. The average Bonchev–Trinajstić information content (AvgIpc) is 2.56. The van der Waals surface area contributed by atoms with Gasteiger partial charge in [0.05, 0.1) is 4.90 Å². The van der Waals surface area contributed by atoms with Crippen LogP contribution >= 0.6 is 11.6 Å². The largest absolute Gasteiger partial charge is 0.478 e. The van der Waals surface area contributed by atoms with Crippen LogP contribution in [0.4, 0.5) is 0 Å². The van der Waals surface area contributed by atoms with Gasteiger partial charge in [0, 0.05) is 11.1 Å². The summed E-state index contributed by atoms with van der Waals surface area (Å²) in [4.78, 5) is 11.3. The van der Waals surface area contributed by atoms with Crippen molar-refractivity contribution < 1.29 is 23.1 Å². The second-order valence-corrected chi connectivity index (χ2v) is 8.89. The zero-order valence-corrected chi connectivity index (χ0v) is 16.8. The van der Waals surface area contributed by atoms with E-state index in [0.717, 1.165) is 5.56 Å². The van der Waals surface area contributed by atoms with E-state index in [-0.39, 0.29) is 10.9 Å². The van der Waals surface area contributed by atoms with Crippen LogP contribution in [-0.2, 0) is 21.2 Å². The number of nitrogens with one attached hydrogen (secondary N) is 1. The third-order valence-corrected chi connectivity index (χ3v) is 5.69. The molecule has 6 nitrogen and oxygen atoms in total. The predicted molar refractivity (Wildman–Crippen MR) is 104 cm³/mol. The van der Waals surface area contributed by atoms with Gasteiger partial charge in [-0.15, -0.1) is 0 Å². The molecule has 0 saturated carbocycles. The summed E-state index contributed by atoms with van der Waals surface area (Å²) in [5.74, 6) is -0.627. The third-order valence-electron chi connectivity index (χ3n) is 3.83. The topological polar surface area (TPSA) is 92.7 Å². The zero-order chi connectivity index (χ0) is 20.2. The fourth-order valence-corrected chi connectivity index (χ4v) is 3.74. The molecule has 0 aromatic heterocycles. The van der Waals surface area contributed by atoms with Crippen molar-refractivity contribution in [1.82, 2.24) is 4.72 Å². The maximum Gasteiger partial charge on any atom is 0.347 e. The highest BCUT2D eigenvalue weighted by molar-refractivity contribution is 7.89. The maximum absolute atomic E-state index is 12.4. The van der Waals surface area contributed by atoms with Crippen molar-refractivity contribution >= 4 is 27.6 Å². The van der Waals surface area contributed by atoms with E-state index in [0.29, 0.717) is 17.2 Å². The van der Waals surface area contributed by atoms with Gasteiger partial charge in [0.15, 0.2) is 5.60 Å². The molecule has 0 amide bonds. The molecule has 2 N–H and O–H groups in total. The zero-order valence-electron chi connectivity index (χ0n) is 15.3. The Morgan fingerprint density at radius 1 is 1.15 bits per heavy atom. The summed E-state index contributed by atoms with van der Waals surface area (Å²) in [6.07, 6.45) is 0.468. The molecule has 0 aliphatic carbocycles. The van der Waals surface area contributed by atoms with Gasteiger partial charge in [-0.3, -0.25) is 0 Å². The number of ether oxygens (including phenoxy) is 1. The van der Waals surface area contributed by atoms with Crippen LogP contribution in [0.5, 0.6) is 5.75 Å². The van der Waals surface area contributed by atoms with Crippen LogP contribution in [0.3, 0.4) is 0 Å². The van der Waals surface area contributed by atoms with Crippen molar-refractivity contribution in [3.8, 4) is 5.75 Å². The average molecular weight is 412 g/mol. The molecule has 0 saturated heterocycles. The van der Waals surface area contributed by atoms with Gasteiger partial charge in [-0.2, -0.15) is 0 Å². The predicted octanol–water partition coefficient (Wildman–Crippen LogP) is 3.49. The van der Waals surface area contributed by atoms with Gasteiger partial charge in [-0.05, 0) is 69.2 Å². The molecule has 0 aliphatic rings. The standard InChI is InChI=1S/C19H22ClNO5S/c1-13(21-27(24,25)17-10-6-15(20)7-11-17)12-14-4-8-16(9-5-14)26-19(2,3)18(22)23/h4-11,13,21H,12H2,1-3H3,(H,22,23). The fraction of sp³-hybridized carbons (Fsp3) is 0.316. The van der Waals surface area contributed by atoms with Crippen LogP contribution in [0.15, 0.2) is 53.4 Å². The number of rotatable bonds is 8. The first-order valence-electron chi connectivity index (χ1n) is 8.29. The van der Waals surface area contributed by atoms with Crippen molar-refractivity contribution in [2.24, 2.45) is 0 Å². The molecule has 0 heterocycles. The van der Waals surface area contributed by atoms with Crippen molar-refractivity contribution in [2.45, 2.75) is 43.7 Å². The molecule has 1 unspecified atom stereocenters. The molecule has 27 heavy (non-hydrogen) atoms. The molecular formula is C19H22ClNO5S. The lowest BCUT2D eigenvalue weighted by Gasteiger charge is -2.21. The van der Waals surface area contributed by atoms with Crippen LogP contribution in [0.1, 0.15) is 26.3 Å². The molecule has 1 atom stereocenters. The number of carbonyl (C=O) groups is 1. The van der Waals surface area contributed by atoms with E-state index < -0.39 is 21.6 Å². The van der Waals surface area contributed by atoms with E-state index in [2.05, 4.69) is 4.72 Å². The summed E-state index contributed by atoms with van der Waals surface area (Å²) < 4.78 is 32.9. The number of sulfonamides is 1. The van der Waals surface area contributed by atoms with Crippen molar-refractivity contribution in [1.29, 1.82) is 0 Å². The Hall–Kier alpha value is -2.09. The highest BCUT2D eigenvalue weighted by Gasteiger charge is 2.29. The SMILES string of the molecule is CC(Cc1ccc(OC(C)(C)C(=O)O)cc1)NS(=O)(=O)c1ccc(Cl)cc1. The number of aliphatic carboxylic acids is 1. The highest BCUT2D eigenvalue weighted by Crippen LogP contribution is 2.20. The van der Waals surface area contributed by atoms with Crippen LogP contribution in [0.25, 0.3) is 0 Å². The summed E-state index contributed by atoms with van der Waals surface area (Å²) in [6, 6.07) is 12.5. The van der Waals surface area contributed by atoms with Gasteiger partial charge in [0.2, 0.25) is 10.0 Å². The van der Waals surface area contributed by atoms with Crippen molar-refractivity contribution in [2.75, 3.05) is 0 Å². The number of halogens is 1. The first-order chi connectivity index (χ1) is 12.5. The molecule has 0 aliphatic heterocycles. The molecule has 146 valence electrons. The molecular weight excluding hydrogens is 390 g/mol. The van der Waals surface area contributed by atoms with E-state index in [9.17, 15) is 13.2 Å². The van der Waals surface area contributed by atoms with Gasteiger partial charge < -0.3 is 9.84 Å². The lowest BCUT2D eigenvalue weighted by atomic mass is 10.1. The first-order valence-corrected chi connectivity index (χ1v) is 10.1. The minimum absolute atomic E-state index is 0.151. The van der Waals surface area contributed by atoms with E-state index in [1.807, 2.05) is 0 Å². The molecule has 2 aromatic rings. The Labute approximate surface area is 164 Å². The second-order valence-electron chi connectivity index (χ2n) is 6.74. The van der Waals surface area contributed by atoms with E-state index in [1.165, 1.54) is 38.1 Å². The fourth-order valence-electron chi connectivity index (χ4n) is 2.37. The third kappa shape index (κ3) is 5.95. The molecule has 0 fully saturated rings. The number of hydrogen-bond acceptors (Lipinski definition) is 4. The Bertz CT molecular complexity index is 893. The molecule has 0 spiro atoms. The highest BCUT2D eigenvalue weighted by atomic mass is 35.5. The smallest absolute Gasteiger partial charge is 0.347 e. The maximum atomic E-state index is 12.4. The van der Waals surface area contributed by atoms with E-state index in [4.69, 9.17) is 21.4 Å². The summed E-state index contributed by atoms with van der Waals surface area (Å²) in [5, 5.41) is 9.56. The van der Waals surface area contributed by atoms with Crippen LogP contribution in [0, 0.1) is 0 Å². The summed E-state index contributed by atoms with van der Waals surface area (Å²) in [6.45, 7) is 4.71. The normalized spacial score (nSPS) is 13.2. The summed E-state index contributed by atoms with van der Waals surface area (Å²) in [7, 11) is -3.64. The quantitative estimate of drug-likeness (QED) is 0.693.